The number of benzene rings is 2. The molecule has 1 fully saturated rings. The fraction of sp³-hybridized carbons (Fsp3) is 0.407. The van der Waals surface area contributed by atoms with E-state index >= 15 is 0 Å². The van der Waals surface area contributed by atoms with Gasteiger partial charge in [-0.05, 0) is 48.7 Å². The molecule has 1 aliphatic heterocycles. The van der Waals surface area contributed by atoms with Crippen LogP contribution in [0.3, 0.4) is 0 Å². The number of nitrogens with one attached hydrogen (secondary N) is 3. The average Bonchev–Trinajstić information content (AvgIpc) is 3.19. The lowest BCUT2D eigenvalue weighted by Crippen LogP contribution is -2.46. The molecular formula is C27H30F4N4O2S2. The number of hydrogen-bond donors (Lipinski definition) is 3. The van der Waals surface area contributed by atoms with E-state index in [2.05, 4.69) is 22.5 Å². The van der Waals surface area contributed by atoms with E-state index in [1.807, 2.05) is 11.9 Å². The number of anilines is 2. The minimum Gasteiger partial charge on any atom is -0.495 e. The third-order valence-corrected chi connectivity index (χ3v) is 8.82. The van der Waals surface area contributed by atoms with Crippen LogP contribution in [0.1, 0.15) is 16.9 Å². The van der Waals surface area contributed by atoms with Gasteiger partial charge in [0.25, 0.3) is 0 Å². The third kappa shape index (κ3) is 7.15. The topological polar surface area (TPSA) is 77.4 Å². The number of hydrogen-bond acceptors (Lipinski definition) is 7. The number of nitrogens with zero attached hydrogens (tertiary/aromatic N) is 1. The van der Waals surface area contributed by atoms with Crippen LogP contribution in [0.25, 0.3) is 10.1 Å². The van der Waals surface area contributed by atoms with Crippen LogP contribution in [0.4, 0.5) is 28.9 Å². The molecule has 12 heteroatoms. The van der Waals surface area contributed by atoms with Gasteiger partial charge in [0, 0.05) is 19.3 Å². The first-order chi connectivity index (χ1) is 18.4. The van der Waals surface area contributed by atoms with Crippen molar-refractivity contribution in [2.45, 2.75) is 36.1 Å². The number of ether oxygens (including phenoxy) is 1. The van der Waals surface area contributed by atoms with Crippen LogP contribution < -0.4 is 15.4 Å². The van der Waals surface area contributed by atoms with Crippen molar-refractivity contribution in [1.29, 1.82) is 4.78 Å². The summed E-state index contributed by atoms with van der Waals surface area (Å²) in [6.07, 6.45) is -4.72. The van der Waals surface area contributed by atoms with Gasteiger partial charge >= 0.3 is 6.18 Å². The Morgan fingerprint density at radius 1 is 1.26 bits per heavy atom. The van der Waals surface area contributed by atoms with E-state index in [4.69, 9.17) is 9.52 Å². The minimum atomic E-state index is -4.42. The molecule has 3 atom stereocenters. The molecule has 39 heavy (non-hydrogen) atoms. The number of thiophene rings is 1. The van der Waals surface area contributed by atoms with Crippen LogP contribution in [-0.2, 0) is 16.1 Å². The first kappa shape index (κ1) is 29.0. The van der Waals surface area contributed by atoms with Crippen molar-refractivity contribution >= 4 is 42.5 Å². The molecule has 0 radical (unpaired) electrons. The lowest BCUT2D eigenvalue weighted by atomic mass is 10.0. The molecule has 2 aromatic carbocycles. The fourth-order valence-electron chi connectivity index (χ4n) is 4.50. The molecule has 3 N–H and O–H groups in total. The molecule has 1 aromatic heterocycles. The van der Waals surface area contributed by atoms with E-state index in [-0.39, 0.29) is 12.1 Å². The highest BCUT2D eigenvalue weighted by Crippen LogP contribution is 2.39. The van der Waals surface area contributed by atoms with Crippen LogP contribution in [0.15, 0.2) is 41.3 Å². The zero-order valence-corrected chi connectivity index (χ0v) is 23.4. The molecule has 2 heterocycles. The number of fused-ring (bicyclic) bond motifs is 1. The quantitative estimate of drug-likeness (QED) is 0.237. The first-order valence-electron chi connectivity index (χ1n) is 12.2. The zero-order valence-electron chi connectivity index (χ0n) is 21.7. The first-order valence-corrected chi connectivity index (χ1v) is 15.0. The van der Waals surface area contributed by atoms with Gasteiger partial charge in [-0.3, -0.25) is 0 Å². The van der Waals surface area contributed by atoms with E-state index in [0.717, 1.165) is 6.54 Å². The Morgan fingerprint density at radius 3 is 2.69 bits per heavy atom. The van der Waals surface area contributed by atoms with Gasteiger partial charge in [0.05, 0.1) is 61.7 Å². The van der Waals surface area contributed by atoms with Gasteiger partial charge in [-0.2, -0.15) is 13.2 Å². The van der Waals surface area contributed by atoms with Gasteiger partial charge in [0.15, 0.2) is 0 Å². The largest absolute Gasteiger partial charge is 0.495 e. The molecule has 6 nitrogen and oxygen atoms in total. The predicted octanol–water partition coefficient (Wildman–Crippen LogP) is 5.97. The highest BCUT2D eigenvalue weighted by atomic mass is 32.2. The van der Waals surface area contributed by atoms with E-state index in [0.29, 0.717) is 49.9 Å². The number of piperidine rings is 1. The summed E-state index contributed by atoms with van der Waals surface area (Å²) in [6, 6.07) is 9.37. The van der Waals surface area contributed by atoms with E-state index in [1.165, 1.54) is 30.8 Å². The number of likely N-dealkylation sites (tertiary alicyclic amines) is 1. The Bertz CT molecular complexity index is 1510. The monoisotopic (exact) mass is 582 g/mol. The smallest absolute Gasteiger partial charge is 0.393 e. The maximum absolute atomic E-state index is 14.7. The Morgan fingerprint density at radius 2 is 2.03 bits per heavy atom. The molecule has 3 aromatic rings. The predicted molar refractivity (Wildman–Crippen MR) is 149 cm³/mol. The lowest BCUT2D eigenvalue weighted by molar-refractivity contribution is -0.126. The summed E-state index contributed by atoms with van der Waals surface area (Å²) in [5, 5.41) is 6.75. The second-order valence-electron chi connectivity index (χ2n) is 9.56. The van der Waals surface area contributed by atoms with E-state index in [1.54, 1.807) is 30.3 Å². The van der Waals surface area contributed by atoms with Gasteiger partial charge in [-0.1, -0.05) is 24.0 Å². The summed E-state index contributed by atoms with van der Waals surface area (Å²) in [5.41, 5.74) is 1.27. The number of halogens is 4. The van der Waals surface area contributed by atoms with Gasteiger partial charge in [0.1, 0.15) is 11.9 Å². The molecule has 0 bridgehead atoms. The van der Waals surface area contributed by atoms with Gasteiger partial charge in [-0.25, -0.2) is 13.4 Å². The zero-order chi connectivity index (χ0) is 28.4. The molecule has 0 saturated carbocycles. The maximum atomic E-state index is 14.7. The third-order valence-electron chi connectivity index (χ3n) is 6.47. The molecule has 4 rings (SSSR count). The summed E-state index contributed by atoms with van der Waals surface area (Å²) in [7, 11) is 0.385. The van der Waals surface area contributed by atoms with Gasteiger partial charge in [-0.15, -0.1) is 11.3 Å². The van der Waals surface area contributed by atoms with Crippen molar-refractivity contribution in [3.05, 3.63) is 46.8 Å². The van der Waals surface area contributed by atoms with Crippen LogP contribution in [0.5, 0.6) is 5.75 Å². The van der Waals surface area contributed by atoms with Gasteiger partial charge in [0.2, 0.25) is 0 Å². The van der Waals surface area contributed by atoms with Crippen molar-refractivity contribution in [3.63, 3.8) is 0 Å². The molecule has 1 saturated heterocycles. The van der Waals surface area contributed by atoms with Crippen LogP contribution in [0, 0.1) is 16.6 Å². The van der Waals surface area contributed by atoms with Crippen molar-refractivity contribution in [1.82, 2.24) is 4.90 Å². The second kappa shape index (κ2) is 11.6. The highest BCUT2D eigenvalue weighted by molar-refractivity contribution is 7.91. The molecule has 210 valence electrons. The SMILES string of the molecule is COc1cc([S@@](C)(=N)=O)ccc1NCC#Cc1sc2c(N[C@H]3CCN(C)C[C@H]3F)cccc2c1CC(F)(F)F. The summed E-state index contributed by atoms with van der Waals surface area (Å²) in [5.74, 6) is 6.17. The highest BCUT2D eigenvalue weighted by Gasteiger charge is 2.32. The molecule has 0 aliphatic carbocycles. The standard InChI is InChI=1S/C27H30F4N4O2S2/c1-35-13-11-21(20(28)16-35)34-23-7-4-6-18-19(15-27(29,30)31)25(38-26(18)23)8-5-12-33-22-10-9-17(39(3,32)36)14-24(22)37-2/h4,6-7,9-10,14,20-21,32-34H,11-13,15-16H2,1-3H3/t20-,21+,39+/m1/s1. The van der Waals surface area contributed by atoms with Crippen molar-refractivity contribution in [2.24, 2.45) is 0 Å². The fourth-order valence-corrected chi connectivity index (χ4v) is 6.33. The number of rotatable bonds is 7. The summed E-state index contributed by atoms with van der Waals surface area (Å²) >= 11 is 1.17. The Labute approximate surface area is 229 Å². The van der Waals surface area contributed by atoms with Crippen molar-refractivity contribution in [2.75, 3.05) is 50.7 Å². The van der Waals surface area contributed by atoms with E-state index < -0.39 is 34.5 Å². The normalized spacial score (nSPS) is 19.7. The molecule has 0 amide bonds. The molecule has 1 aliphatic rings. The van der Waals surface area contributed by atoms with Crippen molar-refractivity contribution in [3.8, 4) is 17.6 Å². The van der Waals surface area contributed by atoms with Gasteiger partial charge < -0.3 is 20.3 Å². The second-order valence-corrected chi connectivity index (χ2v) is 12.7. The minimum absolute atomic E-state index is 0.105. The van der Waals surface area contributed by atoms with Crippen LogP contribution in [0.2, 0.25) is 0 Å². The van der Waals surface area contributed by atoms with Crippen LogP contribution >= 0.6 is 11.3 Å². The van der Waals surface area contributed by atoms with Crippen LogP contribution in [-0.4, -0.2) is 67.5 Å². The van der Waals surface area contributed by atoms with E-state index in [9.17, 15) is 21.8 Å². The summed E-state index contributed by atoms with van der Waals surface area (Å²) < 4.78 is 80.9. The maximum Gasteiger partial charge on any atom is 0.393 e. The molecule has 0 unspecified atom stereocenters. The number of methoxy groups -OCH3 is 1. The Balaban J connectivity index is 1.61. The average molecular weight is 583 g/mol. The number of alkyl halides is 4. The Hall–Kier alpha value is -3.01. The van der Waals surface area contributed by atoms with Crippen molar-refractivity contribution < 1.29 is 26.5 Å². The molecule has 0 spiro atoms. The summed E-state index contributed by atoms with van der Waals surface area (Å²) in [6.45, 7) is 1.15. The Kier molecular flexibility index (Phi) is 8.63. The molecular weight excluding hydrogens is 552 g/mol. The lowest BCUT2D eigenvalue weighted by Gasteiger charge is -2.33. The summed E-state index contributed by atoms with van der Waals surface area (Å²) in [4.78, 5) is 2.54.